The topological polar surface area (TPSA) is 54.4 Å². The molecule has 2 aliphatic heterocycles. The molecule has 1 saturated carbocycles. The summed E-state index contributed by atoms with van der Waals surface area (Å²) < 4.78 is 10.3. The van der Waals surface area contributed by atoms with Crippen LogP contribution in [0.4, 0.5) is 4.79 Å². The number of nitrogens with zero attached hydrogens (tertiary/aromatic N) is 3. The number of likely N-dealkylation sites (tertiary alicyclic amines) is 2. The van der Waals surface area contributed by atoms with Crippen molar-refractivity contribution in [2.45, 2.75) is 64.8 Å². The van der Waals surface area contributed by atoms with Gasteiger partial charge in [-0.25, -0.2) is 4.79 Å². The van der Waals surface area contributed by atoms with Crippen LogP contribution in [0.2, 0.25) is 0 Å². The standard InChI is InChI=1S/C22H39N3O3/c1-4-28-21(26)25-13-9-22(17-25)15-20(16-22)24-11-7-19(8-12-24)18(2)23-10-5-6-14-27-3/h19-20H,4-17H2,1-3H3/b23-18+. The van der Waals surface area contributed by atoms with Crippen LogP contribution in [-0.4, -0.2) is 80.7 Å². The molecule has 160 valence electrons. The van der Waals surface area contributed by atoms with Crippen LogP contribution in [-0.2, 0) is 9.47 Å². The Labute approximate surface area is 170 Å². The van der Waals surface area contributed by atoms with E-state index in [1.54, 1.807) is 7.11 Å². The predicted molar refractivity (Wildman–Crippen MR) is 112 cm³/mol. The molecule has 2 saturated heterocycles. The summed E-state index contributed by atoms with van der Waals surface area (Å²) in [6, 6.07) is 0.717. The number of carbonyl (C=O) groups is 1. The zero-order valence-corrected chi connectivity index (χ0v) is 18.1. The molecule has 0 aromatic carbocycles. The van der Waals surface area contributed by atoms with Gasteiger partial charge in [0.25, 0.3) is 0 Å². The fourth-order valence-corrected chi connectivity index (χ4v) is 5.26. The maximum Gasteiger partial charge on any atom is 0.409 e. The lowest BCUT2D eigenvalue weighted by molar-refractivity contribution is -0.00543. The van der Waals surface area contributed by atoms with E-state index in [4.69, 9.17) is 14.5 Å². The van der Waals surface area contributed by atoms with Crippen molar-refractivity contribution < 1.29 is 14.3 Å². The molecular weight excluding hydrogens is 354 g/mol. The number of methoxy groups -OCH3 is 1. The number of amides is 1. The number of unbranched alkanes of at least 4 members (excludes halogenated alkanes) is 1. The molecule has 3 aliphatic rings. The summed E-state index contributed by atoms with van der Waals surface area (Å²) in [6.07, 6.45) is 8.23. The van der Waals surface area contributed by atoms with Gasteiger partial charge in [0.05, 0.1) is 6.61 Å². The van der Waals surface area contributed by atoms with Crippen LogP contribution in [0.5, 0.6) is 0 Å². The lowest BCUT2D eigenvalue weighted by Crippen LogP contribution is -2.54. The van der Waals surface area contributed by atoms with E-state index in [-0.39, 0.29) is 6.09 Å². The molecule has 0 atom stereocenters. The van der Waals surface area contributed by atoms with Crippen LogP contribution in [0, 0.1) is 11.3 Å². The van der Waals surface area contributed by atoms with E-state index in [0.29, 0.717) is 17.9 Å². The number of aliphatic imine (C=N–C) groups is 1. The summed E-state index contributed by atoms with van der Waals surface area (Å²) in [7, 11) is 1.76. The fourth-order valence-electron chi connectivity index (χ4n) is 5.26. The van der Waals surface area contributed by atoms with Gasteiger partial charge in [-0.05, 0) is 83.2 Å². The quantitative estimate of drug-likeness (QED) is 0.467. The first-order chi connectivity index (χ1) is 13.6. The molecule has 6 heteroatoms. The first-order valence-corrected chi connectivity index (χ1v) is 11.2. The molecule has 28 heavy (non-hydrogen) atoms. The van der Waals surface area contributed by atoms with Crippen molar-refractivity contribution in [1.82, 2.24) is 9.80 Å². The summed E-state index contributed by atoms with van der Waals surface area (Å²) in [5.41, 5.74) is 1.72. The van der Waals surface area contributed by atoms with Crippen molar-refractivity contribution in [1.29, 1.82) is 0 Å². The molecule has 0 aromatic heterocycles. The Bertz CT molecular complexity index is 537. The zero-order chi connectivity index (χ0) is 20.0. The second-order valence-electron chi connectivity index (χ2n) is 8.97. The van der Waals surface area contributed by atoms with Gasteiger partial charge in [-0.2, -0.15) is 0 Å². The van der Waals surface area contributed by atoms with Gasteiger partial charge < -0.3 is 19.3 Å². The molecule has 6 nitrogen and oxygen atoms in total. The lowest BCUT2D eigenvalue weighted by Gasteiger charge is -2.51. The Kier molecular flexibility index (Phi) is 7.75. The lowest BCUT2D eigenvalue weighted by atomic mass is 9.64. The van der Waals surface area contributed by atoms with Crippen LogP contribution in [0.25, 0.3) is 0 Å². The van der Waals surface area contributed by atoms with Gasteiger partial charge in [-0.15, -0.1) is 0 Å². The van der Waals surface area contributed by atoms with E-state index < -0.39 is 0 Å². The predicted octanol–water partition coefficient (Wildman–Crippen LogP) is 3.60. The summed E-state index contributed by atoms with van der Waals surface area (Å²) in [6.45, 7) is 10.5. The van der Waals surface area contributed by atoms with E-state index in [9.17, 15) is 4.79 Å². The van der Waals surface area contributed by atoms with Gasteiger partial charge in [-0.1, -0.05) is 0 Å². The van der Waals surface area contributed by atoms with Gasteiger partial charge in [0, 0.05) is 45.1 Å². The number of hydrogen-bond acceptors (Lipinski definition) is 5. The molecule has 0 unspecified atom stereocenters. The highest BCUT2D eigenvalue weighted by Crippen LogP contribution is 2.50. The van der Waals surface area contributed by atoms with Crippen molar-refractivity contribution in [2.75, 3.05) is 53.0 Å². The second-order valence-corrected chi connectivity index (χ2v) is 8.97. The Morgan fingerprint density at radius 1 is 1.18 bits per heavy atom. The second kappa shape index (κ2) is 10.1. The Morgan fingerprint density at radius 2 is 1.93 bits per heavy atom. The minimum absolute atomic E-state index is 0.124. The third-order valence-electron chi connectivity index (χ3n) is 7.06. The monoisotopic (exact) mass is 393 g/mol. The molecule has 1 spiro atoms. The Balaban J connectivity index is 1.35. The van der Waals surface area contributed by atoms with E-state index >= 15 is 0 Å². The number of rotatable bonds is 8. The number of piperidine rings is 1. The molecule has 0 N–H and O–H groups in total. The van der Waals surface area contributed by atoms with Gasteiger partial charge in [0.1, 0.15) is 0 Å². The van der Waals surface area contributed by atoms with Gasteiger partial charge in [0.2, 0.25) is 0 Å². The minimum Gasteiger partial charge on any atom is -0.450 e. The van der Waals surface area contributed by atoms with Crippen LogP contribution in [0.3, 0.4) is 0 Å². The van der Waals surface area contributed by atoms with E-state index in [0.717, 1.165) is 51.5 Å². The smallest absolute Gasteiger partial charge is 0.409 e. The van der Waals surface area contributed by atoms with Crippen molar-refractivity contribution in [3.63, 3.8) is 0 Å². The Hall–Kier alpha value is -1.14. The molecular formula is C22H39N3O3. The average molecular weight is 394 g/mol. The summed E-state index contributed by atoms with van der Waals surface area (Å²) in [5, 5.41) is 0. The summed E-state index contributed by atoms with van der Waals surface area (Å²) in [4.78, 5) is 21.4. The van der Waals surface area contributed by atoms with Crippen LogP contribution < -0.4 is 0 Å². The maximum atomic E-state index is 12.0. The highest BCUT2D eigenvalue weighted by Gasteiger charge is 2.51. The fraction of sp³-hybridized carbons (Fsp3) is 0.909. The maximum absolute atomic E-state index is 12.0. The molecule has 2 heterocycles. The SMILES string of the molecule is CCOC(=O)N1CCC2(CC(N3CCC(/C(C)=N/CCCCOC)CC3)C2)C1. The highest BCUT2D eigenvalue weighted by molar-refractivity contribution is 5.84. The first-order valence-electron chi connectivity index (χ1n) is 11.2. The Morgan fingerprint density at radius 3 is 2.61 bits per heavy atom. The van der Waals surface area contributed by atoms with Gasteiger partial charge >= 0.3 is 6.09 Å². The molecule has 0 radical (unpaired) electrons. The highest BCUT2D eigenvalue weighted by atomic mass is 16.6. The van der Waals surface area contributed by atoms with Crippen LogP contribution >= 0.6 is 0 Å². The minimum atomic E-state index is -0.124. The van der Waals surface area contributed by atoms with E-state index in [1.807, 2.05) is 11.8 Å². The molecule has 3 rings (SSSR count). The van der Waals surface area contributed by atoms with Crippen molar-refractivity contribution >= 4 is 11.8 Å². The molecule has 1 amide bonds. The van der Waals surface area contributed by atoms with Crippen LogP contribution in [0.15, 0.2) is 4.99 Å². The summed E-state index contributed by atoms with van der Waals surface area (Å²) >= 11 is 0. The van der Waals surface area contributed by atoms with Gasteiger partial charge in [-0.3, -0.25) is 4.99 Å². The van der Waals surface area contributed by atoms with Gasteiger partial charge in [0.15, 0.2) is 0 Å². The molecule has 1 aliphatic carbocycles. The average Bonchev–Trinajstić information content (AvgIpc) is 3.13. The van der Waals surface area contributed by atoms with Crippen LogP contribution in [0.1, 0.15) is 58.8 Å². The molecule has 0 bridgehead atoms. The number of carbonyl (C=O) groups excluding carboxylic acids is 1. The molecule has 0 aromatic rings. The zero-order valence-electron chi connectivity index (χ0n) is 18.1. The van der Waals surface area contributed by atoms with E-state index in [1.165, 1.54) is 44.5 Å². The largest absolute Gasteiger partial charge is 0.450 e. The number of hydrogen-bond donors (Lipinski definition) is 0. The first kappa shape index (κ1) is 21.6. The third kappa shape index (κ3) is 5.26. The van der Waals surface area contributed by atoms with Crippen molar-refractivity contribution in [3.05, 3.63) is 0 Å². The summed E-state index contributed by atoms with van der Waals surface area (Å²) in [5.74, 6) is 0.665. The third-order valence-corrected chi connectivity index (χ3v) is 7.06. The normalized spacial score (nSPS) is 29.3. The van der Waals surface area contributed by atoms with Crippen molar-refractivity contribution in [2.24, 2.45) is 16.3 Å². The van der Waals surface area contributed by atoms with Crippen molar-refractivity contribution in [3.8, 4) is 0 Å². The molecule has 3 fully saturated rings. The van der Waals surface area contributed by atoms with E-state index in [2.05, 4.69) is 11.8 Å². The number of ether oxygens (including phenoxy) is 2.